The van der Waals surface area contributed by atoms with E-state index in [1.54, 1.807) is 4.57 Å². The number of anilines is 1. The van der Waals surface area contributed by atoms with Crippen LogP contribution in [0.4, 0.5) is 5.82 Å². The van der Waals surface area contributed by atoms with Crippen LogP contribution in [0.5, 0.6) is 0 Å². The molecule has 3 atom stereocenters. The second kappa shape index (κ2) is 4.30. The van der Waals surface area contributed by atoms with E-state index in [-0.39, 0.29) is 12.4 Å². The number of imidazole rings is 1. The molecule has 2 aromatic heterocycles. The molecule has 3 heterocycles. The van der Waals surface area contributed by atoms with Gasteiger partial charge in [-0.3, -0.25) is 5.84 Å². The number of aromatic nitrogens is 4. The van der Waals surface area contributed by atoms with E-state index in [0.717, 1.165) is 0 Å². The molecule has 9 heteroatoms. The van der Waals surface area contributed by atoms with Gasteiger partial charge in [-0.2, -0.15) is 0 Å². The number of aliphatic hydroxyl groups is 2. The molecule has 0 unspecified atom stereocenters. The van der Waals surface area contributed by atoms with E-state index in [4.69, 9.17) is 21.4 Å². The first kappa shape index (κ1) is 12.1. The second-order valence-electron chi connectivity index (χ2n) is 4.48. The zero-order chi connectivity index (χ0) is 13.6. The molecule has 0 saturated carbocycles. The van der Waals surface area contributed by atoms with Gasteiger partial charge in [-0.15, -0.1) is 4.68 Å². The van der Waals surface area contributed by atoms with Crippen molar-refractivity contribution in [2.75, 3.05) is 18.2 Å². The lowest BCUT2D eigenvalue weighted by Gasteiger charge is -2.11. The maximum Gasteiger partial charge on any atom is 0.285 e. The number of nitrogens with zero attached hydrogens (tertiary/aromatic N) is 4. The minimum atomic E-state index is -0.724. The monoisotopic (exact) mass is 267 g/mol. The third kappa shape index (κ3) is 1.79. The van der Waals surface area contributed by atoms with Crippen molar-refractivity contribution in [3.05, 3.63) is 12.7 Å². The molecule has 1 aliphatic rings. The number of fused-ring (bicyclic) bond motifs is 1. The van der Waals surface area contributed by atoms with Crippen molar-refractivity contribution in [2.45, 2.75) is 24.9 Å². The fourth-order valence-corrected chi connectivity index (χ4v) is 2.29. The molecule has 3 rings (SSSR count). The molecule has 2 aromatic rings. The molecule has 6 N–H and O–H groups in total. The van der Waals surface area contributed by atoms with E-state index in [9.17, 15) is 5.11 Å². The average molecular weight is 267 g/mol. The van der Waals surface area contributed by atoms with E-state index in [1.165, 1.54) is 17.3 Å². The normalized spacial score (nSPS) is 27.2. The van der Waals surface area contributed by atoms with Crippen LogP contribution in [-0.4, -0.2) is 43.6 Å². The third-order valence-corrected chi connectivity index (χ3v) is 3.27. The molecule has 0 aromatic carbocycles. The topological polar surface area (TPSA) is 136 Å². The highest BCUT2D eigenvalue weighted by Gasteiger charge is 2.37. The predicted molar refractivity (Wildman–Crippen MR) is 63.9 cm³/mol. The lowest BCUT2D eigenvalue weighted by atomic mass is 10.2. The van der Waals surface area contributed by atoms with Gasteiger partial charge in [-0.25, -0.2) is 9.55 Å². The number of nitrogens with two attached hydrogens (primary N) is 2. The summed E-state index contributed by atoms with van der Waals surface area (Å²) < 4.78 is 8.53. The van der Waals surface area contributed by atoms with Crippen LogP contribution >= 0.6 is 0 Å². The molecule has 19 heavy (non-hydrogen) atoms. The molecule has 1 saturated heterocycles. The minimum absolute atomic E-state index is 0.239. The number of ether oxygens (including phenoxy) is 1. The van der Waals surface area contributed by atoms with Gasteiger partial charge in [0.25, 0.3) is 5.65 Å². The van der Waals surface area contributed by atoms with Crippen molar-refractivity contribution in [3.63, 3.8) is 0 Å². The van der Waals surface area contributed by atoms with Crippen LogP contribution in [0, 0.1) is 0 Å². The Bertz CT molecular complexity index is 615. The van der Waals surface area contributed by atoms with Crippen LogP contribution in [0.3, 0.4) is 0 Å². The van der Waals surface area contributed by atoms with Gasteiger partial charge in [-0.1, -0.05) is 4.98 Å². The van der Waals surface area contributed by atoms with Crippen LogP contribution < -0.4 is 16.3 Å². The first-order chi connectivity index (χ1) is 9.11. The van der Waals surface area contributed by atoms with E-state index < -0.39 is 18.4 Å². The molecule has 0 bridgehead atoms. The van der Waals surface area contributed by atoms with Crippen LogP contribution in [0.1, 0.15) is 12.6 Å². The summed E-state index contributed by atoms with van der Waals surface area (Å²) in [5.74, 6) is 6.08. The summed E-state index contributed by atoms with van der Waals surface area (Å²) in [7, 11) is 0. The molecule has 0 aliphatic carbocycles. The molecule has 0 spiro atoms. The van der Waals surface area contributed by atoms with Crippen molar-refractivity contribution in [1.82, 2.24) is 14.5 Å². The number of rotatable bonds is 2. The molecular weight excluding hydrogens is 252 g/mol. The van der Waals surface area contributed by atoms with Crippen LogP contribution in [-0.2, 0) is 4.74 Å². The van der Waals surface area contributed by atoms with Crippen LogP contribution in [0.15, 0.2) is 12.7 Å². The Morgan fingerprint density at radius 2 is 2.32 bits per heavy atom. The van der Waals surface area contributed by atoms with E-state index in [1.807, 2.05) is 0 Å². The summed E-state index contributed by atoms with van der Waals surface area (Å²) in [6, 6.07) is 0. The van der Waals surface area contributed by atoms with Gasteiger partial charge in [0, 0.05) is 6.42 Å². The molecule has 0 amide bonds. The summed E-state index contributed by atoms with van der Waals surface area (Å²) in [4.78, 5) is 8.05. The SMILES string of the molecule is Nc1nc[n+](N)c2c1ncn2[C@H]1C[C@H](O)[C@@H](CO)O1. The Morgan fingerprint density at radius 3 is 3.00 bits per heavy atom. The summed E-state index contributed by atoms with van der Waals surface area (Å²) in [5, 5.41) is 18.9. The second-order valence-corrected chi connectivity index (χ2v) is 4.48. The zero-order valence-corrected chi connectivity index (χ0v) is 10.0. The molecule has 102 valence electrons. The van der Waals surface area contributed by atoms with Crippen molar-refractivity contribution in [3.8, 4) is 0 Å². The Hall–Kier alpha value is -1.97. The lowest BCUT2D eigenvalue weighted by molar-refractivity contribution is -0.617. The molecule has 1 fully saturated rings. The smallest absolute Gasteiger partial charge is 0.285 e. The Labute approximate surface area is 108 Å². The van der Waals surface area contributed by atoms with E-state index >= 15 is 0 Å². The minimum Gasteiger partial charge on any atom is -0.394 e. The molecule has 9 nitrogen and oxygen atoms in total. The number of hydrogen-bond donors (Lipinski definition) is 4. The van der Waals surface area contributed by atoms with Crippen molar-refractivity contribution < 1.29 is 19.6 Å². The van der Waals surface area contributed by atoms with Gasteiger partial charge < -0.3 is 20.7 Å². The Morgan fingerprint density at radius 1 is 1.53 bits per heavy atom. The van der Waals surface area contributed by atoms with Gasteiger partial charge in [0.05, 0.1) is 12.7 Å². The lowest BCUT2D eigenvalue weighted by Crippen LogP contribution is -2.46. The highest BCUT2D eigenvalue weighted by atomic mass is 16.5. The van der Waals surface area contributed by atoms with Gasteiger partial charge in [0.15, 0.2) is 12.6 Å². The summed E-state index contributed by atoms with van der Waals surface area (Å²) >= 11 is 0. The molecular formula is C10H15N6O3+. The number of hydrogen-bond acceptors (Lipinski definition) is 7. The summed E-state index contributed by atoms with van der Waals surface area (Å²) in [6.07, 6.45) is 1.48. The Kier molecular flexibility index (Phi) is 2.73. The fraction of sp³-hybridized carbons (Fsp3) is 0.500. The predicted octanol–water partition coefficient (Wildman–Crippen LogP) is -2.34. The zero-order valence-electron chi connectivity index (χ0n) is 10.0. The van der Waals surface area contributed by atoms with Crippen LogP contribution in [0.2, 0.25) is 0 Å². The van der Waals surface area contributed by atoms with E-state index in [2.05, 4.69) is 9.97 Å². The van der Waals surface area contributed by atoms with E-state index in [0.29, 0.717) is 17.6 Å². The fourth-order valence-electron chi connectivity index (χ4n) is 2.29. The highest BCUT2D eigenvalue weighted by Crippen LogP contribution is 2.30. The third-order valence-electron chi connectivity index (χ3n) is 3.27. The largest absolute Gasteiger partial charge is 0.394 e. The summed E-state index contributed by atoms with van der Waals surface area (Å²) in [5.41, 5.74) is 6.74. The first-order valence-electron chi connectivity index (χ1n) is 5.84. The standard InChI is InChI=1S/C10H14N6O3/c11-9-8-10(16(12)4-14-9)15(3-13-8)7-1-5(18)6(2-17)19-7/h3-7,11,17-18H,1-2,12H2/p+1/t5-,6+,7+/m0/s1. The maximum absolute atomic E-state index is 9.76. The first-order valence-corrected chi connectivity index (χ1v) is 5.84. The van der Waals surface area contributed by atoms with Gasteiger partial charge >= 0.3 is 0 Å². The van der Waals surface area contributed by atoms with Gasteiger partial charge in [-0.05, 0) is 0 Å². The van der Waals surface area contributed by atoms with Gasteiger partial charge in [0.2, 0.25) is 17.7 Å². The van der Waals surface area contributed by atoms with Gasteiger partial charge in [0.1, 0.15) is 6.10 Å². The maximum atomic E-state index is 9.76. The highest BCUT2D eigenvalue weighted by molar-refractivity contribution is 5.78. The van der Waals surface area contributed by atoms with Crippen molar-refractivity contribution >= 4 is 17.0 Å². The van der Waals surface area contributed by atoms with Crippen LogP contribution in [0.25, 0.3) is 11.2 Å². The number of aliphatic hydroxyl groups excluding tert-OH is 2. The molecule has 0 radical (unpaired) electrons. The number of nitrogen functional groups attached to an aromatic ring is 2. The quantitative estimate of drug-likeness (QED) is 0.353. The average Bonchev–Trinajstić information content (AvgIpc) is 2.97. The van der Waals surface area contributed by atoms with Crippen molar-refractivity contribution in [2.24, 2.45) is 0 Å². The van der Waals surface area contributed by atoms with Crippen molar-refractivity contribution in [1.29, 1.82) is 0 Å². The molecule has 1 aliphatic heterocycles. The Balaban J connectivity index is 2.05. The summed E-state index contributed by atoms with van der Waals surface area (Å²) in [6.45, 7) is -0.239.